The molecule has 21 heavy (non-hydrogen) atoms. The van der Waals surface area contributed by atoms with Crippen LogP contribution in [0.3, 0.4) is 0 Å². The zero-order valence-corrected chi connectivity index (χ0v) is 11.7. The smallest absolute Gasteiger partial charge is 0.125 e. The van der Waals surface area contributed by atoms with Gasteiger partial charge in [-0.3, -0.25) is 4.98 Å². The Hall–Kier alpha value is -2.39. The summed E-state index contributed by atoms with van der Waals surface area (Å²) in [6, 6.07) is 14.2. The first-order valence-corrected chi connectivity index (χ1v) is 6.92. The first-order chi connectivity index (χ1) is 10.2. The molecule has 2 heterocycles. The van der Waals surface area contributed by atoms with Crippen LogP contribution in [-0.2, 0) is 0 Å². The highest BCUT2D eigenvalue weighted by Crippen LogP contribution is 2.32. The fraction of sp³-hybridized carbons (Fsp3) is 0. The van der Waals surface area contributed by atoms with Gasteiger partial charge < -0.3 is 4.98 Å². The van der Waals surface area contributed by atoms with Crippen LogP contribution in [0.2, 0.25) is 5.02 Å². The van der Waals surface area contributed by atoms with E-state index in [-0.39, 0.29) is 5.82 Å². The second kappa shape index (κ2) is 4.57. The van der Waals surface area contributed by atoms with E-state index in [0.29, 0.717) is 5.02 Å². The number of aromatic amines is 1. The van der Waals surface area contributed by atoms with Crippen molar-refractivity contribution < 1.29 is 4.39 Å². The van der Waals surface area contributed by atoms with Gasteiger partial charge in [0.25, 0.3) is 0 Å². The number of rotatable bonds is 1. The lowest BCUT2D eigenvalue weighted by Gasteiger charge is -2.03. The third kappa shape index (κ3) is 1.98. The molecule has 0 aliphatic rings. The maximum atomic E-state index is 13.4. The maximum Gasteiger partial charge on any atom is 0.125 e. The molecule has 4 aromatic rings. The minimum Gasteiger partial charge on any atom is -0.353 e. The Balaban J connectivity index is 2.08. The zero-order valence-electron chi connectivity index (χ0n) is 10.9. The molecule has 0 saturated carbocycles. The van der Waals surface area contributed by atoms with E-state index < -0.39 is 0 Å². The number of hydrogen-bond donors (Lipinski definition) is 1. The molecule has 1 N–H and O–H groups in total. The number of H-pyrrole nitrogens is 1. The lowest BCUT2D eigenvalue weighted by atomic mass is 10.1. The Morgan fingerprint density at radius 2 is 1.90 bits per heavy atom. The summed E-state index contributed by atoms with van der Waals surface area (Å²) in [5, 5.41) is 2.67. The molecule has 2 aromatic carbocycles. The van der Waals surface area contributed by atoms with Crippen molar-refractivity contribution in [3.63, 3.8) is 0 Å². The summed E-state index contributed by atoms with van der Waals surface area (Å²) in [5.74, 6) is -0.258. The minimum atomic E-state index is -0.258. The van der Waals surface area contributed by atoms with E-state index in [1.165, 1.54) is 12.1 Å². The molecule has 0 saturated heterocycles. The molecule has 0 spiro atoms. The van der Waals surface area contributed by atoms with Crippen molar-refractivity contribution in [2.75, 3.05) is 0 Å². The molecular formula is C17H10ClFN2. The molecule has 0 fully saturated rings. The van der Waals surface area contributed by atoms with Crippen molar-refractivity contribution in [1.82, 2.24) is 9.97 Å². The Morgan fingerprint density at radius 3 is 2.76 bits per heavy atom. The predicted octanol–water partition coefficient (Wildman–Crippen LogP) is 5.18. The molecular weight excluding hydrogens is 287 g/mol. The van der Waals surface area contributed by atoms with Gasteiger partial charge in [-0.25, -0.2) is 4.39 Å². The van der Waals surface area contributed by atoms with Gasteiger partial charge in [0.1, 0.15) is 5.82 Å². The fourth-order valence-electron chi connectivity index (χ4n) is 2.66. The third-order valence-electron chi connectivity index (χ3n) is 3.58. The zero-order chi connectivity index (χ0) is 14.4. The molecule has 0 radical (unpaired) electrons. The highest BCUT2D eigenvalue weighted by Gasteiger charge is 2.11. The number of benzene rings is 2. The number of nitrogens with zero attached hydrogens (tertiary/aromatic N) is 1. The largest absolute Gasteiger partial charge is 0.353 e. The van der Waals surface area contributed by atoms with Gasteiger partial charge in [-0.05, 0) is 36.4 Å². The molecule has 0 atom stereocenters. The number of nitrogens with one attached hydrogen (secondary N) is 1. The molecule has 0 aliphatic heterocycles. The Labute approximate surface area is 125 Å². The van der Waals surface area contributed by atoms with Gasteiger partial charge in [0, 0.05) is 33.1 Å². The van der Waals surface area contributed by atoms with Crippen molar-refractivity contribution in [3.05, 3.63) is 65.6 Å². The number of hydrogen-bond acceptors (Lipinski definition) is 1. The lowest BCUT2D eigenvalue weighted by Crippen LogP contribution is -1.84. The summed E-state index contributed by atoms with van der Waals surface area (Å²) in [6.07, 6.45) is 1.76. The van der Waals surface area contributed by atoms with Crippen molar-refractivity contribution in [1.29, 1.82) is 0 Å². The third-order valence-corrected chi connectivity index (χ3v) is 3.82. The van der Waals surface area contributed by atoms with Gasteiger partial charge in [-0.15, -0.1) is 0 Å². The Kier molecular flexibility index (Phi) is 2.69. The van der Waals surface area contributed by atoms with Crippen LogP contribution in [0.1, 0.15) is 0 Å². The molecule has 2 nitrogen and oxygen atoms in total. The first-order valence-electron chi connectivity index (χ1n) is 6.54. The van der Waals surface area contributed by atoms with Gasteiger partial charge in [0.15, 0.2) is 0 Å². The van der Waals surface area contributed by atoms with Crippen LogP contribution in [0.5, 0.6) is 0 Å². The van der Waals surface area contributed by atoms with Crippen LogP contribution < -0.4 is 0 Å². The van der Waals surface area contributed by atoms with Crippen LogP contribution in [0.15, 0.2) is 54.7 Å². The van der Waals surface area contributed by atoms with Crippen LogP contribution >= 0.6 is 11.6 Å². The Bertz CT molecular complexity index is 975. The van der Waals surface area contributed by atoms with E-state index in [1.807, 2.05) is 30.3 Å². The van der Waals surface area contributed by atoms with Gasteiger partial charge in [0.05, 0.1) is 11.2 Å². The van der Waals surface area contributed by atoms with E-state index in [4.69, 9.17) is 11.6 Å². The standard InChI is InChI=1S/C17H10ClFN2/c18-11-3-1-2-10(8-11)16-17-14(6-7-20-16)13-5-4-12(19)9-15(13)21-17/h1-9,21H. The highest BCUT2D eigenvalue weighted by atomic mass is 35.5. The van der Waals surface area contributed by atoms with Crippen LogP contribution in [0, 0.1) is 5.82 Å². The SMILES string of the molecule is Fc1ccc2c(c1)[nH]c1c(-c3cccc(Cl)c3)nccc12. The summed E-state index contributed by atoms with van der Waals surface area (Å²) in [7, 11) is 0. The molecule has 0 amide bonds. The summed E-state index contributed by atoms with van der Waals surface area (Å²) in [6.45, 7) is 0. The normalized spacial score (nSPS) is 11.3. The van der Waals surface area contributed by atoms with Crippen molar-refractivity contribution in [3.8, 4) is 11.3 Å². The van der Waals surface area contributed by atoms with Crippen LogP contribution in [0.4, 0.5) is 4.39 Å². The highest BCUT2D eigenvalue weighted by molar-refractivity contribution is 6.30. The number of fused-ring (bicyclic) bond motifs is 3. The maximum absolute atomic E-state index is 13.4. The molecule has 102 valence electrons. The molecule has 2 aromatic heterocycles. The minimum absolute atomic E-state index is 0.258. The lowest BCUT2D eigenvalue weighted by molar-refractivity contribution is 0.629. The average molecular weight is 297 g/mol. The van der Waals surface area contributed by atoms with Gasteiger partial charge in [-0.1, -0.05) is 23.7 Å². The van der Waals surface area contributed by atoms with E-state index in [2.05, 4.69) is 9.97 Å². The van der Waals surface area contributed by atoms with Gasteiger partial charge in [0.2, 0.25) is 0 Å². The van der Waals surface area contributed by atoms with Gasteiger partial charge >= 0.3 is 0 Å². The van der Waals surface area contributed by atoms with Crippen molar-refractivity contribution in [2.45, 2.75) is 0 Å². The molecule has 4 rings (SSSR count). The summed E-state index contributed by atoms with van der Waals surface area (Å²) < 4.78 is 13.4. The quantitative estimate of drug-likeness (QED) is 0.515. The summed E-state index contributed by atoms with van der Waals surface area (Å²) >= 11 is 6.06. The first kappa shape index (κ1) is 12.4. The number of aromatic nitrogens is 2. The average Bonchev–Trinajstić information content (AvgIpc) is 2.84. The number of pyridine rings is 1. The van der Waals surface area contributed by atoms with E-state index in [1.54, 1.807) is 12.3 Å². The molecule has 4 heteroatoms. The monoisotopic (exact) mass is 296 g/mol. The van der Waals surface area contributed by atoms with Crippen molar-refractivity contribution >= 4 is 33.4 Å². The molecule has 0 aliphatic carbocycles. The van der Waals surface area contributed by atoms with Crippen molar-refractivity contribution in [2.24, 2.45) is 0 Å². The van der Waals surface area contributed by atoms with Crippen LogP contribution in [0.25, 0.3) is 33.1 Å². The topological polar surface area (TPSA) is 28.7 Å². The second-order valence-corrected chi connectivity index (χ2v) is 5.34. The number of halogens is 2. The summed E-state index contributed by atoms with van der Waals surface area (Å²) in [5.41, 5.74) is 3.40. The molecule has 0 unspecified atom stereocenters. The molecule has 0 bridgehead atoms. The van der Waals surface area contributed by atoms with E-state index in [0.717, 1.165) is 33.1 Å². The fourth-order valence-corrected chi connectivity index (χ4v) is 2.85. The summed E-state index contributed by atoms with van der Waals surface area (Å²) in [4.78, 5) is 7.71. The van der Waals surface area contributed by atoms with E-state index >= 15 is 0 Å². The second-order valence-electron chi connectivity index (χ2n) is 4.91. The van der Waals surface area contributed by atoms with Crippen LogP contribution in [-0.4, -0.2) is 9.97 Å². The predicted molar refractivity (Wildman–Crippen MR) is 84.0 cm³/mol. The van der Waals surface area contributed by atoms with E-state index in [9.17, 15) is 4.39 Å². The Morgan fingerprint density at radius 1 is 1.00 bits per heavy atom. The van der Waals surface area contributed by atoms with Gasteiger partial charge in [-0.2, -0.15) is 0 Å².